The third-order valence-corrected chi connectivity index (χ3v) is 3.73. The van der Waals surface area contributed by atoms with Crippen LogP contribution in [0.2, 0.25) is 5.02 Å². The van der Waals surface area contributed by atoms with Crippen molar-refractivity contribution in [2.45, 2.75) is 12.0 Å². The smallest absolute Gasteiger partial charge is 0.344 e. The molecule has 1 aromatic heterocycles. The van der Waals surface area contributed by atoms with Crippen LogP contribution in [0.25, 0.3) is 11.0 Å². The van der Waals surface area contributed by atoms with Gasteiger partial charge in [-0.25, -0.2) is 9.78 Å². The zero-order chi connectivity index (χ0) is 15.7. The number of nitrogens with one attached hydrogen (secondary N) is 1. The third-order valence-electron chi connectivity index (χ3n) is 3.49. The highest BCUT2D eigenvalue weighted by atomic mass is 35.5. The van der Waals surface area contributed by atoms with Crippen LogP contribution in [0.3, 0.4) is 0 Å². The average Bonchev–Trinajstić information content (AvgIpc) is 2.91. The highest BCUT2D eigenvalue weighted by Crippen LogP contribution is 2.27. The molecule has 3 aromatic rings. The summed E-state index contributed by atoms with van der Waals surface area (Å²) in [7, 11) is 0. The van der Waals surface area contributed by atoms with E-state index in [0.29, 0.717) is 21.6 Å². The number of carboxylic acids is 1. The predicted molar refractivity (Wildman–Crippen MR) is 82.8 cm³/mol. The molecule has 1 heterocycles. The molecule has 3 rings (SSSR count). The van der Waals surface area contributed by atoms with Gasteiger partial charge in [-0.15, -0.1) is 0 Å². The number of hydrogen-bond donors (Lipinski definition) is 3. The Morgan fingerprint density at radius 2 is 1.95 bits per heavy atom. The van der Waals surface area contributed by atoms with Crippen molar-refractivity contribution >= 4 is 28.6 Å². The average molecular weight is 317 g/mol. The van der Waals surface area contributed by atoms with Crippen LogP contribution in [0.1, 0.15) is 11.4 Å². The van der Waals surface area contributed by atoms with Crippen molar-refractivity contribution in [2.75, 3.05) is 0 Å². The molecule has 0 saturated carbocycles. The molecule has 0 bridgehead atoms. The zero-order valence-corrected chi connectivity index (χ0v) is 12.2. The summed E-state index contributed by atoms with van der Waals surface area (Å²) in [5.41, 5.74) is -0.305. The fourth-order valence-corrected chi connectivity index (χ4v) is 2.50. The maximum atomic E-state index is 11.6. The molecular formula is C16H13ClN2O3. The minimum absolute atomic E-state index is 0.0129. The van der Waals surface area contributed by atoms with Gasteiger partial charge in [-0.1, -0.05) is 41.9 Å². The molecule has 112 valence electrons. The van der Waals surface area contributed by atoms with Crippen LogP contribution in [0.4, 0.5) is 0 Å². The van der Waals surface area contributed by atoms with Gasteiger partial charge in [0.1, 0.15) is 0 Å². The Morgan fingerprint density at radius 3 is 2.64 bits per heavy atom. The van der Waals surface area contributed by atoms with E-state index in [1.807, 2.05) is 6.07 Å². The molecule has 0 amide bonds. The van der Waals surface area contributed by atoms with Crippen LogP contribution < -0.4 is 0 Å². The lowest BCUT2D eigenvalue weighted by Gasteiger charge is -2.21. The van der Waals surface area contributed by atoms with Gasteiger partial charge in [0.2, 0.25) is 5.60 Å². The van der Waals surface area contributed by atoms with Crippen molar-refractivity contribution in [3.63, 3.8) is 0 Å². The minimum Gasteiger partial charge on any atom is -0.479 e. The lowest BCUT2D eigenvalue weighted by Crippen LogP contribution is -2.39. The van der Waals surface area contributed by atoms with Gasteiger partial charge in [0, 0.05) is 11.4 Å². The highest BCUT2D eigenvalue weighted by Gasteiger charge is 2.41. The van der Waals surface area contributed by atoms with Gasteiger partial charge in [0.05, 0.1) is 11.0 Å². The van der Waals surface area contributed by atoms with Crippen LogP contribution in [0, 0.1) is 0 Å². The molecule has 0 unspecified atom stereocenters. The number of nitrogens with zero attached hydrogens (tertiary/aromatic N) is 1. The Balaban J connectivity index is 2.07. The second-order valence-electron chi connectivity index (χ2n) is 5.07. The normalized spacial score (nSPS) is 13.9. The first kappa shape index (κ1) is 14.6. The molecule has 22 heavy (non-hydrogen) atoms. The molecule has 0 aliphatic heterocycles. The summed E-state index contributed by atoms with van der Waals surface area (Å²) in [6.45, 7) is 0. The van der Waals surface area contributed by atoms with Crippen molar-refractivity contribution < 1.29 is 15.0 Å². The Bertz CT molecular complexity index is 832. The first-order valence-electron chi connectivity index (χ1n) is 6.64. The number of benzene rings is 2. The van der Waals surface area contributed by atoms with Crippen LogP contribution in [-0.2, 0) is 16.8 Å². The third kappa shape index (κ3) is 2.56. The SMILES string of the molecule is O=C(O)[C@@](O)(Cc1ccccc1)c1nc2ccc(Cl)cc2[nH]1. The van der Waals surface area contributed by atoms with E-state index in [0.717, 1.165) is 0 Å². The Morgan fingerprint density at radius 1 is 1.23 bits per heavy atom. The fourth-order valence-electron chi connectivity index (χ4n) is 2.33. The number of rotatable bonds is 4. The molecule has 0 saturated heterocycles. The van der Waals surface area contributed by atoms with Gasteiger partial charge in [-0.3, -0.25) is 0 Å². The second-order valence-corrected chi connectivity index (χ2v) is 5.51. The molecule has 3 N–H and O–H groups in total. The Kier molecular flexibility index (Phi) is 3.60. The quantitative estimate of drug-likeness (QED) is 0.691. The van der Waals surface area contributed by atoms with E-state index in [-0.39, 0.29) is 12.2 Å². The number of halogens is 1. The number of carboxylic acid groups (broad SMARTS) is 1. The fraction of sp³-hybridized carbons (Fsp3) is 0.125. The van der Waals surface area contributed by atoms with Crippen molar-refractivity contribution in [1.29, 1.82) is 0 Å². The maximum Gasteiger partial charge on any atom is 0.344 e. The van der Waals surface area contributed by atoms with Crippen LogP contribution in [0.5, 0.6) is 0 Å². The number of imidazole rings is 1. The number of aromatic nitrogens is 2. The first-order valence-corrected chi connectivity index (χ1v) is 7.02. The molecule has 0 aliphatic rings. The van der Waals surface area contributed by atoms with Gasteiger partial charge in [0.25, 0.3) is 0 Å². The number of fused-ring (bicyclic) bond motifs is 1. The first-order chi connectivity index (χ1) is 10.5. The lowest BCUT2D eigenvalue weighted by atomic mass is 9.94. The van der Waals surface area contributed by atoms with E-state index in [9.17, 15) is 15.0 Å². The molecule has 0 fully saturated rings. The summed E-state index contributed by atoms with van der Waals surface area (Å²) in [6.07, 6.45) is -0.0866. The summed E-state index contributed by atoms with van der Waals surface area (Å²) < 4.78 is 0. The summed E-state index contributed by atoms with van der Waals surface area (Å²) in [5, 5.41) is 20.7. The van der Waals surface area contributed by atoms with E-state index in [4.69, 9.17) is 11.6 Å². The van der Waals surface area contributed by atoms with E-state index >= 15 is 0 Å². The van der Waals surface area contributed by atoms with Crippen molar-refractivity contribution in [2.24, 2.45) is 0 Å². The molecule has 0 aliphatic carbocycles. The van der Waals surface area contributed by atoms with Crippen molar-refractivity contribution in [3.8, 4) is 0 Å². The molecule has 0 radical (unpaired) electrons. The van der Waals surface area contributed by atoms with Crippen LogP contribution in [0.15, 0.2) is 48.5 Å². The number of aromatic amines is 1. The van der Waals surface area contributed by atoms with Crippen molar-refractivity contribution in [3.05, 3.63) is 64.9 Å². The topological polar surface area (TPSA) is 86.2 Å². The monoisotopic (exact) mass is 316 g/mol. The van der Waals surface area contributed by atoms with E-state index < -0.39 is 11.6 Å². The Labute approximate surface area is 131 Å². The molecule has 5 nitrogen and oxygen atoms in total. The molecule has 6 heteroatoms. The summed E-state index contributed by atoms with van der Waals surface area (Å²) in [4.78, 5) is 18.7. The maximum absolute atomic E-state index is 11.6. The van der Waals surface area contributed by atoms with Gasteiger partial charge in [0.15, 0.2) is 5.82 Å². The Hall–Kier alpha value is -2.37. The predicted octanol–water partition coefficient (Wildman–Crippen LogP) is 2.73. The molecular weight excluding hydrogens is 304 g/mol. The van der Waals surface area contributed by atoms with Gasteiger partial charge >= 0.3 is 5.97 Å². The number of carbonyl (C=O) groups is 1. The summed E-state index contributed by atoms with van der Waals surface area (Å²) >= 11 is 5.91. The number of aliphatic hydroxyl groups is 1. The summed E-state index contributed by atoms with van der Waals surface area (Å²) in [5.74, 6) is -1.37. The molecule has 2 aromatic carbocycles. The highest BCUT2D eigenvalue weighted by molar-refractivity contribution is 6.31. The van der Waals surface area contributed by atoms with Crippen molar-refractivity contribution in [1.82, 2.24) is 9.97 Å². The van der Waals surface area contributed by atoms with Crippen LogP contribution >= 0.6 is 11.6 Å². The van der Waals surface area contributed by atoms with E-state index in [1.165, 1.54) is 0 Å². The number of aliphatic carboxylic acids is 1. The van der Waals surface area contributed by atoms with Crippen LogP contribution in [-0.4, -0.2) is 26.2 Å². The number of hydrogen-bond acceptors (Lipinski definition) is 3. The number of H-pyrrole nitrogens is 1. The standard InChI is InChI=1S/C16H13ClN2O3/c17-11-6-7-12-13(8-11)19-14(18-12)16(22,15(20)21)9-10-4-2-1-3-5-10/h1-8,22H,9H2,(H,18,19)(H,20,21)/t16-/m1/s1. The van der Waals surface area contributed by atoms with Gasteiger partial charge in [-0.2, -0.15) is 0 Å². The largest absolute Gasteiger partial charge is 0.479 e. The van der Waals surface area contributed by atoms with E-state index in [1.54, 1.807) is 42.5 Å². The second kappa shape index (κ2) is 5.44. The molecule has 1 atom stereocenters. The lowest BCUT2D eigenvalue weighted by molar-refractivity contribution is -0.160. The zero-order valence-electron chi connectivity index (χ0n) is 11.5. The van der Waals surface area contributed by atoms with Gasteiger partial charge in [-0.05, 0) is 23.8 Å². The molecule has 0 spiro atoms. The van der Waals surface area contributed by atoms with Gasteiger partial charge < -0.3 is 15.2 Å². The van der Waals surface area contributed by atoms with E-state index in [2.05, 4.69) is 9.97 Å². The summed E-state index contributed by atoms with van der Waals surface area (Å²) in [6, 6.07) is 13.9. The minimum atomic E-state index is -2.13.